The van der Waals surface area contributed by atoms with Crippen molar-refractivity contribution in [2.75, 3.05) is 0 Å². The summed E-state index contributed by atoms with van der Waals surface area (Å²) in [7, 11) is 0. The lowest BCUT2D eigenvalue weighted by Crippen LogP contribution is -2.08. The Morgan fingerprint density at radius 3 is 2.18 bits per heavy atom. The Bertz CT molecular complexity index is 422. The first-order valence-corrected chi connectivity index (χ1v) is 5.79. The van der Waals surface area contributed by atoms with Gasteiger partial charge in [-0.15, -0.1) is 0 Å². The standard InChI is InChI=1S/C14H20O3/c1-8-6-9(2)14(7-13(8)10(3)15)11(4)17-12(5)16/h6-7,10-11,15H,1-5H3/t10-,11+/m0/s1. The monoisotopic (exact) mass is 236 g/mol. The molecule has 1 aromatic carbocycles. The zero-order valence-electron chi connectivity index (χ0n) is 11.1. The Morgan fingerprint density at radius 1 is 1.18 bits per heavy atom. The van der Waals surface area contributed by atoms with E-state index < -0.39 is 6.10 Å². The fourth-order valence-electron chi connectivity index (χ4n) is 2.09. The second kappa shape index (κ2) is 5.32. The number of aliphatic hydroxyl groups excluding tert-OH is 1. The van der Waals surface area contributed by atoms with Crippen LogP contribution in [0.4, 0.5) is 0 Å². The molecule has 0 aliphatic heterocycles. The number of esters is 1. The summed E-state index contributed by atoms with van der Waals surface area (Å²) in [5.74, 6) is -0.295. The van der Waals surface area contributed by atoms with E-state index in [0.717, 1.165) is 22.3 Å². The van der Waals surface area contributed by atoms with Crippen molar-refractivity contribution in [1.29, 1.82) is 0 Å². The smallest absolute Gasteiger partial charge is 0.303 e. The van der Waals surface area contributed by atoms with Gasteiger partial charge in [0.2, 0.25) is 0 Å². The lowest BCUT2D eigenvalue weighted by Gasteiger charge is -2.18. The minimum absolute atomic E-state index is 0.286. The Labute approximate surface area is 102 Å². The quantitative estimate of drug-likeness (QED) is 0.821. The number of benzene rings is 1. The van der Waals surface area contributed by atoms with Crippen molar-refractivity contribution in [2.24, 2.45) is 0 Å². The Morgan fingerprint density at radius 2 is 1.71 bits per heavy atom. The van der Waals surface area contributed by atoms with E-state index >= 15 is 0 Å². The van der Waals surface area contributed by atoms with E-state index in [1.165, 1.54) is 6.92 Å². The number of hydrogen-bond donors (Lipinski definition) is 1. The summed E-state index contributed by atoms with van der Waals surface area (Å²) in [5, 5.41) is 9.68. The molecule has 3 heteroatoms. The number of aryl methyl sites for hydroxylation is 2. The van der Waals surface area contributed by atoms with Crippen LogP contribution in [0.1, 0.15) is 55.2 Å². The maximum Gasteiger partial charge on any atom is 0.303 e. The van der Waals surface area contributed by atoms with Gasteiger partial charge in [-0.05, 0) is 56.0 Å². The molecule has 0 spiro atoms. The van der Waals surface area contributed by atoms with Crippen LogP contribution in [-0.2, 0) is 9.53 Å². The molecule has 3 nitrogen and oxygen atoms in total. The third-order valence-corrected chi connectivity index (χ3v) is 2.89. The van der Waals surface area contributed by atoms with Crippen LogP contribution < -0.4 is 0 Å². The molecule has 0 amide bonds. The highest BCUT2D eigenvalue weighted by molar-refractivity contribution is 5.66. The molecular weight excluding hydrogens is 216 g/mol. The predicted molar refractivity (Wildman–Crippen MR) is 66.7 cm³/mol. The van der Waals surface area contributed by atoms with E-state index in [2.05, 4.69) is 0 Å². The summed E-state index contributed by atoms with van der Waals surface area (Å²) in [6.07, 6.45) is -0.801. The van der Waals surface area contributed by atoms with Crippen LogP contribution in [0.3, 0.4) is 0 Å². The lowest BCUT2D eigenvalue weighted by atomic mass is 9.95. The Kier molecular flexibility index (Phi) is 4.29. The molecule has 0 aliphatic rings. The molecule has 1 rings (SSSR count). The summed E-state index contributed by atoms with van der Waals surface area (Å²) in [6.45, 7) is 8.92. The van der Waals surface area contributed by atoms with E-state index in [9.17, 15) is 9.90 Å². The Balaban J connectivity index is 3.15. The zero-order valence-corrected chi connectivity index (χ0v) is 11.1. The average Bonchev–Trinajstić information content (AvgIpc) is 2.15. The first kappa shape index (κ1) is 13.7. The number of carbonyl (C=O) groups excluding carboxylic acids is 1. The van der Waals surface area contributed by atoms with E-state index in [4.69, 9.17) is 4.74 Å². The van der Waals surface area contributed by atoms with Gasteiger partial charge in [0.15, 0.2) is 0 Å². The number of carbonyl (C=O) groups is 1. The maximum absolute atomic E-state index is 11.0. The van der Waals surface area contributed by atoms with Gasteiger partial charge >= 0.3 is 5.97 Å². The van der Waals surface area contributed by atoms with E-state index in [1.807, 2.05) is 32.9 Å². The summed E-state index contributed by atoms with van der Waals surface area (Å²) < 4.78 is 5.17. The molecule has 1 N–H and O–H groups in total. The molecule has 0 saturated heterocycles. The first-order chi connectivity index (χ1) is 7.82. The molecular formula is C14H20O3. The topological polar surface area (TPSA) is 46.5 Å². The average molecular weight is 236 g/mol. The predicted octanol–water partition coefficient (Wildman–Crippen LogP) is 2.98. The number of aliphatic hydroxyl groups is 1. The molecule has 0 unspecified atom stereocenters. The summed E-state index contributed by atoms with van der Waals surface area (Å²) in [4.78, 5) is 11.0. The van der Waals surface area contributed by atoms with Gasteiger partial charge in [-0.1, -0.05) is 6.07 Å². The van der Waals surface area contributed by atoms with Gasteiger partial charge in [-0.3, -0.25) is 4.79 Å². The molecule has 0 radical (unpaired) electrons. The summed E-state index contributed by atoms with van der Waals surface area (Å²) >= 11 is 0. The molecule has 0 aromatic heterocycles. The maximum atomic E-state index is 11.0. The van der Waals surface area contributed by atoms with E-state index in [1.54, 1.807) is 6.92 Å². The van der Waals surface area contributed by atoms with Gasteiger partial charge in [-0.2, -0.15) is 0 Å². The van der Waals surface area contributed by atoms with Gasteiger partial charge in [0.1, 0.15) is 6.10 Å². The minimum atomic E-state index is -0.515. The SMILES string of the molecule is CC(=O)O[C@H](C)c1cc([C@H](C)O)c(C)cc1C. The van der Waals surface area contributed by atoms with Crippen LogP contribution in [0.5, 0.6) is 0 Å². The zero-order chi connectivity index (χ0) is 13.2. The molecule has 94 valence electrons. The van der Waals surface area contributed by atoms with Crippen LogP contribution in [0, 0.1) is 13.8 Å². The normalized spacial score (nSPS) is 14.2. The highest BCUT2D eigenvalue weighted by Crippen LogP contribution is 2.27. The van der Waals surface area contributed by atoms with Crippen LogP contribution in [-0.4, -0.2) is 11.1 Å². The minimum Gasteiger partial charge on any atom is -0.458 e. The molecule has 0 aliphatic carbocycles. The molecule has 0 fully saturated rings. The van der Waals surface area contributed by atoms with Gasteiger partial charge in [0.05, 0.1) is 6.10 Å². The molecule has 0 bridgehead atoms. The number of ether oxygens (including phenoxy) is 1. The van der Waals surface area contributed by atoms with Gasteiger partial charge in [0, 0.05) is 6.92 Å². The Hall–Kier alpha value is -1.35. The van der Waals surface area contributed by atoms with Crippen molar-refractivity contribution >= 4 is 5.97 Å². The van der Waals surface area contributed by atoms with E-state index in [0.29, 0.717) is 0 Å². The highest BCUT2D eigenvalue weighted by Gasteiger charge is 2.15. The van der Waals surface area contributed by atoms with Crippen molar-refractivity contribution < 1.29 is 14.6 Å². The molecule has 0 heterocycles. The third-order valence-electron chi connectivity index (χ3n) is 2.89. The fourth-order valence-corrected chi connectivity index (χ4v) is 2.09. The van der Waals surface area contributed by atoms with Gasteiger partial charge in [0.25, 0.3) is 0 Å². The summed E-state index contributed by atoms with van der Waals surface area (Å²) in [6, 6.07) is 3.93. The highest BCUT2D eigenvalue weighted by atomic mass is 16.5. The molecule has 2 atom stereocenters. The van der Waals surface area contributed by atoms with Crippen molar-refractivity contribution in [3.63, 3.8) is 0 Å². The van der Waals surface area contributed by atoms with Crippen molar-refractivity contribution in [3.8, 4) is 0 Å². The van der Waals surface area contributed by atoms with Crippen molar-refractivity contribution in [2.45, 2.75) is 46.8 Å². The number of hydrogen-bond acceptors (Lipinski definition) is 3. The third kappa shape index (κ3) is 3.30. The van der Waals surface area contributed by atoms with Gasteiger partial charge in [-0.25, -0.2) is 0 Å². The van der Waals surface area contributed by atoms with Crippen LogP contribution in [0.25, 0.3) is 0 Å². The second-order valence-electron chi connectivity index (χ2n) is 4.49. The van der Waals surface area contributed by atoms with Crippen molar-refractivity contribution in [1.82, 2.24) is 0 Å². The molecule has 1 aromatic rings. The van der Waals surface area contributed by atoms with Crippen molar-refractivity contribution in [3.05, 3.63) is 34.4 Å². The fraction of sp³-hybridized carbons (Fsp3) is 0.500. The molecule has 0 saturated carbocycles. The largest absolute Gasteiger partial charge is 0.458 e. The van der Waals surface area contributed by atoms with Crippen LogP contribution in [0.2, 0.25) is 0 Å². The number of rotatable bonds is 3. The molecule has 17 heavy (non-hydrogen) atoms. The summed E-state index contributed by atoms with van der Waals surface area (Å²) in [5.41, 5.74) is 3.95. The second-order valence-corrected chi connectivity index (χ2v) is 4.49. The van der Waals surface area contributed by atoms with Crippen LogP contribution >= 0.6 is 0 Å². The lowest BCUT2D eigenvalue weighted by molar-refractivity contribution is -0.145. The van der Waals surface area contributed by atoms with Gasteiger partial charge < -0.3 is 9.84 Å². The first-order valence-electron chi connectivity index (χ1n) is 5.79. The van der Waals surface area contributed by atoms with Crippen LogP contribution in [0.15, 0.2) is 12.1 Å². The van der Waals surface area contributed by atoms with E-state index in [-0.39, 0.29) is 12.1 Å².